The van der Waals surface area contributed by atoms with Crippen LogP contribution in [0.25, 0.3) is 0 Å². The third kappa shape index (κ3) is 2.34. The van der Waals surface area contributed by atoms with Crippen LogP contribution in [-0.2, 0) is 5.41 Å². The van der Waals surface area contributed by atoms with Gasteiger partial charge in [-0.1, -0.05) is 37.6 Å². The number of hydrogen-bond acceptors (Lipinski definition) is 2. The minimum atomic E-state index is -0.0674. The van der Waals surface area contributed by atoms with Crippen LogP contribution in [0.4, 0.5) is 0 Å². The predicted octanol–water partition coefficient (Wildman–Crippen LogP) is 4.55. The van der Waals surface area contributed by atoms with Gasteiger partial charge in [-0.15, -0.1) is 0 Å². The van der Waals surface area contributed by atoms with E-state index in [9.17, 15) is 4.79 Å². The number of rotatable bonds is 2. The molecule has 0 atom stereocenters. The molecule has 0 amide bonds. The second-order valence-corrected chi connectivity index (χ2v) is 6.53. The highest BCUT2D eigenvalue weighted by Gasteiger charge is 2.32. The molecule has 2 aromatic carbocycles. The average molecular weight is 301 g/mol. The Bertz CT molecular complexity index is 732. The van der Waals surface area contributed by atoms with E-state index in [2.05, 4.69) is 13.8 Å². The van der Waals surface area contributed by atoms with E-state index in [1.165, 1.54) is 0 Å². The van der Waals surface area contributed by atoms with Gasteiger partial charge in [-0.3, -0.25) is 4.79 Å². The monoisotopic (exact) mass is 300 g/mol. The Morgan fingerprint density at radius 2 is 2.00 bits per heavy atom. The number of fused-ring (bicyclic) bond motifs is 1. The smallest absolute Gasteiger partial charge is 0.194 e. The van der Waals surface area contributed by atoms with Gasteiger partial charge in [-0.2, -0.15) is 0 Å². The Hall–Kier alpha value is -1.80. The molecule has 0 fully saturated rings. The first kappa shape index (κ1) is 14.2. The van der Waals surface area contributed by atoms with E-state index in [4.69, 9.17) is 16.3 Å². The highest BCUT2D eigenvalue weighted by molar-refractivity contribution is 6.35. The maximum Gasteiger partial charge on any atom is 0.194 e. The first-order valence-corrected chi connectivity index (χ1v) is 7.35. The van der Waals surface area contributed by atoms with Gasteiger partial charge in [0.25, 0.3) is 0 Å². The van der Waals surface area contributed by atoms with Gasteiger partial charge in [0.2, 0.25) is 0 Å². The molecule has 2 nitrogen and oxygen atoms in total. The summed E-state index contributed by atoms with van der Waals surface area (Å²) in [4.78, 5) is 12.7. The first-order valence-electron chi connectivity index (χ1n) is 6.97. The maximum absolute atomic E-state index is 12.7. The van der Waals surface area contributed by atoms with Gasteiger partial charge in [0, 0.05) is 22.1 Å². The van der Waals surface area contributed by atoms with Crippen LogP contribution in [0.2, 0.25) is 5.02 Å². The standard InChI is InChI=1S/C18H17ClO2/c1-11-5-4-6-13(16(11)19)17(20)12-7-8-15-14(9-12)18(2,3)10-21-15/h4-9H,10H2,1-3H3. The van der Waals surface area contributed by atoms with Gasteiger partial charge >= 0.3 is 0 Å². The molecule has 0 saturated carbocycles. The molecule has 108 valence electrons. The first-order chi connectivity index (χ1) is 9.90. The van der Waals surface area contributed by atoms with Crippen molar-refractivity contribution in [1.29, 1.82) is 0 Å². The van der Waals surface area contributed by atoms with Crippen molar-refractivity contribution in [2.24, 2.45) is 0 Å². The fourth-order valence-electron chi connectivity index (χ4n) is 2.64. The highest BCUT2D eigenvalue weighted by Crippen LogP contribution is 2.39. The zero-order valence-corrected chi connectivity index (χ0v) is 13.1. The molecular weight excluding hydrogens is 284 g/mol. The molecule has 0 aromatic heterocycles. The molecule has 3 heteroatoms. The lowest BCUT2D eigenvalue weighted by Gasteiger charge is -2.15. The van der Waals surface area contributed by atoms with Crippen LogP contribution in [0.3, 0.4) is 0 Å². The summed E-state index contributed by atoms with van der Waals surface area (Å²) in [7, 11) is 0. The van der Waals surface area contributed by atoms with Crippen molar-refractivity contribution in [3.8, 4) is 5.75 Å². The van der Waals surface area contributed by atoms with Crippen molar-refractivity contribution >= 4 is 17.4 Å². The number of benzene rings is 2. The second kappa shape index (κ2) is 4.88. The summed E-state index contributed by atoms with van der Waals surface area (Å²) in [6.45, 7) is 6.78. The van der Waals surface area contributed by atoms with Crippen LogP contribution in [-0.4, -0.2) is 12.4 Å². The van der Waals surface area contributed by atoms with Crippen molar-refractivity contribution in [1.82, 2.24) is 0 Å². The van der Waals surface area contributed by atoms with E-state index >= 15 is 0 Å². The number of halogens is 1. The van der Waals surface area contributed by atoms with E-state index in [1.54, 1.807) is 12.1 Å². The van der Waals surface area contributed by atoms with Gasteiger partial charge in [-0.05, 0) is 36.8 Å². The number of ether oxygens (including phenoxy) is 1. The van der Waals surface area contributed by atoms with Crippen molar-refractivity contribution < 1.29 is 9.53 Å². The maximum atomic E-state index is 12.7. The number of carbonyl (C=O) groups is 1. The van der Waals surface area contributed by atoms with Crippen LogP contribution < -0.4 is 4.74 Å². The molecule has 21 heavy (non-hydrogen) atoms. The van der Waals surface area contributed by atoms with Crippen LogP contribution in [0.15, 0.2) is 36.4 Å². The predicted molar refractivity (Wildman–Crippen MR) is 84.6 cm³/mol. The Morgan fingerprint density at radius 1 is 1.24 bits per heavy atom. The zero-order valence-electron chi connectivity index (χ0n) is 12.4. The van der Waals surface area contributed by atoms with E-state index in [0.29, 0.717) is 22.8 Å². The largest absolute Gasteiger partial charge is 0.492 e. The van der Waals surface area contributed by atoms with E-state index < -0.39 is 0 Å². The van der Waals surface area contributed by atoms with Gasteiger partial charge in [0.1, 0.15) is 5.75 Å². The van der Waals surface area contributed by atoms with Gasteiger partial charge in [-0.25, -0.2) is 0 Å². The quantitative estimate of drug-likeness (QED) is 0.761. The Balaban J connectivity index is 2.06. The van der Waals surface area contributed by atoms with Crippen molar-refractivity contribution in [3.05, 3.63) is 63.7 Å². The molecule has 0 radical (unpaired) electrons. The fraction of sp³-hybridized carbons (Fsp3) is 0.278. The Labute approximate surface area is 129 Å². The Kier molecular flexibility index (Phi) is 3.29. The molecule has 0 aliphatic carbocycles. The summed E-state index contributed by atoms with van der Waals surface area (Å²) in [5.41, 5.74) is 3.12. The van der Waals surface area contributed by atoms with Gasteiger partial charge < -0.3 is 4.74 Å². The summed E-state index contributed by atoms with van der Waals surface area (Å²) in [5, 5.41) is 0.526. The molecule has 0 spiro atoms. The molecule has 0 bridgehead atoms. The number of hydrogen-bond donors (Lipinski definition) is 0. The molecule has 2 aromatic rings. The van der Waals surface area contributed by atoms with Crippen LogP contribution in [0.1, 0.15) is 40.9 Å². The summed E-state index contributed by atoms with van der Waals surface area (Å²) in [6.07, 6.45) is 0. The molecule has 0 saturated heterocycles. The van der Waals surface area contributed by atoms with Crippen LogP contribution in [0, 0.1) is 6.92 Å². The summed E-state index contributed by atoms with van der Waals surface area (Å²) >= 11 is 6.27. The molecule has 3 rings (SSSR count). The van der Waals surface area contributed by atoms with Crippen LogP contribution >= 0.6 is 11.6 Å². The molecule has 1 heterocycles. The lowest BCUT2D eigenvalue weighted by Crippen LogP contribution is -2.18. The lowest BCUT2D eigenvalue weighted by atomic mass is 9.85. The zero-order chi connectivity index (χ0) is 15.2. The van der Waals surface area contributed by atoms with Crippen molar-refractivity contribution in [3.63, 3.8) is 0 Å². The van der Waals surface area contributed by atoms with Crippen molar-refractivity contribution in [2.45, 2.75) is 26.2 Å². The molecule has 0 N–H and O–H groups in total. The third-order valence-electron chi connectivity index (χ3n) is 4.00. The minimum Gasteiger partial charge on any atom is -0.492 e. The summed E-state index contributed by atoms with van der Waals surface area (Å²) < 4.78 is 5.66. The Morgan fingerprint density at radius 3 is 2.76 bits per heavy atom. The van der Waals surface area contributed by atoms with Gasteiger partial charge in [0.05, 0.1) is 11.6 Å². The third-order valence-corrected chi connectivity index (χ3v) is 4.50. The highest BCUT2D eigenvalue weighted by atomic mass is 35.5. The van der Waals surface area contributed by atoms with Gasteiger partial charge in [0.15, 0.2) is 5.78 Å². The SMILES string of the molecule is Cc1cccc(C(=O)c2ccc3c(c2)C(C)(C)CO3)c1Cl. The van der Waals surface area contributed by atoms with E-state index in [1.807, 2.05) is 31.2 Å². The number of aryl methyl sites for hydroxylation is 1. The molecule has 1 aliphatic heterocycles. The van der Waals surface area contributed by atoms with Crippen molar-refractivity contribution in [2.75, 3.05) is 6.61 Å². The topological polar surface area (TPSA) is 26.3 Å². The lowest BCUT2D eigenvalue weighted by molar-refractivity contribution is 0.103. The average Bonchev–Trinajstić information content (AvgIpc) is 2.76. The number of carbonyl (C=O) groups excluding carboxylic acids is 1. The fourth-order valence-corrected chi connectivity index (χ4v) is 2.85. The summed E-state index contributed by atoms with van der Waals surface area (Å²) in [5.74, 6) is 0.820. The van der Waals surface area contributed by atoms with E-state index in [0.717, 1.165) is 16.9 Å². The second-order valence-electron chi connectivity index (χ2n) is 6.15. The van der Waals surface area contributed by atoms with Crippen LogP contribution in [0.5, 0.6) is 5.75 Å². The molecular formula is C18H17ClO2. The molecule has 1 aliphatic rings. The minimum absolute atomic E-state index is 0.0470. The number of ketones is 1. The molecule has 0 unspecified atom stereocenters. The van der Waals surface area contributed by atoms with E-state index in [-0.39, 0.29) is 11.2 Å². The summed E-state index contributed by atoms with van der Waals surface area (Å²) in [6, 6.07) is 11.1. The normalized spacial score (nSPS) is 15.4.